The van der Waals surface area contributed by atoms with Crippen molar-refractivity contribution in [2.45, 2.75) is 61.3 Å². The summed E-state index contributed by atoms with van der Waals surface area (Å²) in [5.41, 5.74) is 5.63. The average Bonchev–Trinajstić information content (AvgIpc) is 2.58. The second-order valence-corrected chi connectivity index (χ2v) is 5.94. The Labute approximate surface area is 138 Å². The summed E-state index contributed by atoms with van der Waals surface area (Å²) in [5.74, 6) is 0. The van der Waals surface area contributed by atoms with Gasteiger partial charge < -0.3 is 55.9 Å². The molecule has 2 fully saturated rings. The molecule has 10 atom stereocenters. The SMILES string of the molecule is CNC1[C@H](O[C@@H]2C(CO)O[C@H](O)C(N)C2O)OC(CO)[C@H](O)[C@@H]1O. The Morgan fingerprint density at radius 2 is 1.58 bits per heavy atom. The van der Waals surface area contributed by atoms with E-state index in [-0.39, 0.29) is 0 Å². The summed E-state index contributed by atoms with van der Waals surface area (Å²) in [7, 11) is 1.51. The third kappa shape index (κ3) is 3.71. The summed E-state index contributed by atoms with van der Waals surface area (Å²) in [6.45, 7) is -1.11. The smallest absolute Gasteiger partial charge is 0.176 e. The molecular weight excluding hydrogens is 328 g/mol. The fourth-order valence-corrected chi connectivity index (χ4v) is 2.93. The minimum absolute atomic E-state index is 0.556. The molecule has 5 unspecified atom stereocenters. The Bertz CT molecular complexity index is 402. The molecule has 0 bridgehead atoms. The highest BCUT2D eigenvalue weighted by molar-refractivity contribution is 4.96. The molecule has 2 saturated heterocycles. The van der Waals surface area contributed by atoms with Gasteiger partial charge in [-0.1, -0.05) is 0 Å². The van der Waals surface area contributed by atoms with Crippen LogP contribution in [0.3, 0.4) is 0 Å². The third-order valence-electron chi connectivity index (χ3n) is 4.43. The number of likely N-dealkylation sites (N-methyl/N-ethyl adjacent to an activating group) is 1. The van der Waals surface area contributed by atoms with E-state index in [2.05, 4.69) is 5.32 Å². The molecule has 2 heterocycles. The molecule has 0 amide bonds. The molecule has 0 saturated carbocycles. The van der Waals surface area contributed by atoms with Crippen LogP contribution < -0.4 is 11.1 Å². The number of ether oxygens (including phenoxy) is 3. The minimum atomic E-state index is -1.47. The van der Waals surface area contributed by atoms with Gasteiger partial charge in [0, 0.05) is 0 Å². The fourth-order valence-electron chi connectivity index (χ4n) is 2.93. The van der Waals surface area contributed by atoms with E-state index in [4.69, 9.17) is 19.9 Å². The van der Waals surface area contributed by atoms with Gasteiger partial charge in [-0.05, 0) is 7.05 Å². The van der Waals surface area contributed by atoms with Gasteiger partial charge in [-0.15, -0.1) is 0 Å². The Hall–Kier alpha value is -0.440. The van der Waals surface area contributed by atoms with Crippen molar-refractivity contribution in [3.05, 3.63) is 0 Å². The summed E-state index contributed by atoms with van der Waals surface area (Å²) in [6, 6.07) is -2.05. The molecule has 24 heavy (non-hydrogen) atoms. The van der Waals surface area contributed by atoms with Crippen LogP contribution in [0, 0.1) is 0 Å². The van der Waals surface area contributed by atoms with Crippen LogP contribution in [-0.2, 0) is 14.2 Å². The number of nitrogens with one attached hydrogen (secondary N) is 1. The third-order valence-corrected chi connectivity index (χ3v) is 4.43. The lowest BCUT2D eigenvalue weighted by Gasteiger charge is -2.46. The first-order chi connectivity index (χ1) is 11.3. The highest BCUT2D eigenvalue weighted by Gasteiger charge is 2.49. The van der Waals surface area contributed by atoms with E-state index in [0.29, 0.717) is 0 Å². The Morgan fingerprint density at radius 1 is 0.958 bits per heavy atom. The maximum atomic E-state index is 10.2. The van der Waals surface area contributed by atoms with Gasteiger partial charge in [0.2, 0.25) is 0 Å². The normalized spacial score (nSPS) is 50.0. The number of hydrogen-bond donors (Lipinski definition) is 8. The van der Waals surface area contributed by atoms with Crippen molar-refractivity contribution in [3.63, 3.8) is 0 Å². The van der Waals surface area contributed by atoms with Crippen LogP contribution in [0.1, 0.15) is 0 Å². The topological polar surface area (TPSA) is 187 Å². The maximum absolute atomic E-state index is 10.2. The molecule has 11 heteroatoms. The first-order valence-corrected chi connectivity index (χ1v) is 7.68. The molecule has 0 aromatic rings. The number of aliphatic hydroxyl groups is 6. The van der Waals surface area contributed by atoms with Crippen LogP contribution in [0.4, 0.5) is 0 Å². The zero-order valence-corrected chi connectivity index (χ0v) is 13.2. The summed E-state index contributed by atoms with van der Waals surface area (Å²) in [6.07, 6.45) is -9.99. The van der Waals surface area contributed by atoms with Crippen molar-refractivity contribution in [3.8, 4) is 0 Å². The highest BCUT2D eigenvalue weighted by Crippen LogP contribution is 2.27. The van der Waals surface area contributed by atoms with E-state index in [0.717, 1.165) is 0 Å². The molecule has 11 nitrogen and oxygen atoms in total. The van der Waals surface area contributed by atoms with Crippen molar-refractivity contribution < 1.29 is 44.8 Å². The van der Waals surface area contributed by atoms with Crippen LogP contribution in [0.5, 0.6) is 0 Å². The van der Waals surface area contributed by atoms with Gasteiger partial charge >= 0.3 is 0 Å². The van der Waals surface area contributed by atoms with Crippen molar-refractivity contribution in [1.29, 1.82) is 0 Å². The zero-order chi connectivity index (χ0) is 18.0. The summed E-state index contributed by atoms with van der Waals surface area (Å²) in [5, 5.41) is 61.2. The standard InChI is InChI=1S/C13H26N2O9/c1-15-7-10(20)8(18)4(2-16)23-13(7)24-11-5(3-17)22-12(21)6(14)9(11)19/h4-13,15-21H,2-3,14H2,1H3/t4?,5?,6?,7?,8-,9?,10+,11+,12-,13-/m0/s1. The molecular formula is C13H26N2O9. The van der Waals surface area contributed by atoms with Crippen LogP contribution in [0.2, 0.25) is 0 Å². The van der Waals surface area contributed by atoms with Gasteiger partial charge in [0.1, 0.15) is 36.6 Å². The average molecular weight is 354 g/mol. The first-order valence-electron chi connectivity index (χ1n) is 7.68. The van der Waals surface area contributed by atoms with Crippen LogP contribution in [-0.4, -0.2) is 112 Å². The molecule has 2 aliphatic rings. The van der Waals surface area contributed by atoms with Crippen LogP contribution in [0.15, 0.2) is 0 Å². The molecule has 0 radical (unpaired) electrons. The van der Waals surface area contributed by atoms with Gasteiger partial charge in [0.05, 0.1) is 25.3 Å². The highest BCUT2D eigenvalue weighted by atomic mass is 16.7. The lowest BCUT2D eigenvalue weighted by atomic mass is 9.95. The summed E-state index contributed by atoms with van der Waals surface area (Å²) in [4.78, 5) is 0. The zero-order valence-electron chi connectivity index (χ0n) is 13.2. The number of hydrogen-bond acceptors (Lipinski definition) is 11. The van der Waals surface area contributed by atoms with E-state index < -0.39 is 74.5 Å². The number of aliphatic hydroxyl groups excluding tert-OH is 6. The van der Waals surface area contributed by atoms with Crippen LogP contribution >= 0.6 is 0 Å². The molecule has 0 aromatic carbocycles. The second-order valence-electron chi connectivity index (χ2n) is 5.94. The minimum Gasteiger partial charge on any atom is -0.394 e. The van der Waals surface area contributed by atoms with E-state index in [1.807, 2.05) is 0 Å². The molecule has 0 aliphatic carbocycles. The van der Waals surface area contributed by atoms with E-state index in [9.17, 15) is 30.6 Å². The second kappa shape index (κ2) is 8.29. The van der Waals surface area contributed by atoms with Crippen molar-refractivity contribution in [2.75, 3.05) is 20.3 Å². The lowest BCUT2D eigenvalue weighted by Crippen LogP contribution is -2.67. The quantitative estimate of drug-likeness (QED) is 0.236. The van der Waals surface area contributed by atoms with E-state index in [1.54, 1.807) is 0 Å². The summed E-state index contributed by atoms with van der Waals surface area (Å²) >= 11 is 0. The van der Waals surface area contributed by atoms with Crippen molar-refractivity contribution >= 4 is 0 Å². The first kappa shape index (κ1) is 19.9. The molecule has 0 spiro atoms. The molecule has 2 rings (SSSR count). The monoisotopic (exact) mass is 354 g/mol. The Morgan fingerprint density at radius 3 is 2.12 bits per heavy atom. The van der Waals surface area contributed by atoms with Gasteiger partial charge in [-0.2, -0.15) is 0 Å². The molecule has 9 N–H and O–H groups in total. The van der Waals surface area contributed by atoms with Gasteiger partial charge in [-0.25, -0.2) is 0 Å². The maximum Gasteiger partial charge on any atom is 0.176 e. The van der Waals surface area contributed by atoms with Crippen LogP contribution in [0.25, 0.3) is 0 Å². The van der Waals surface area contributed by atoms with Crippen molar-refractivity contribution in [1.82, 2.24) is 5.32 Å². The lowest BCUT2D eigenvalue weighted by molar-refractivity contribution is -0.326. The van der Waals surface area contributed by atoms with Crippen molar-refractivity contribution in [2.24, 2.45) is 5.73 Å². The molecule has 0 aromatic heterocycles. The largest absolute Gasteiger partial charge is 0.394 e. The molecule has 2 aliphatic heterocycles. The van der Waals surface area contributed by atoms with E-state index >= 15 is 0 Å². The summed E-state index contributed by atoms with van der Waals surface area (Å²) < 4.78 is 16.2. The van der Waals surface area contributed by atoms with E-state index in [1.165, 1.54) is 7.05 Å². The Balaban J connectivity index is 2.16. The van der Waals surface area contributed by atoms with Gasteiger partial charge in [-0.3, -0.25) is 0 Å². The number of nitrogens with two attached hydrogens (primary N) is 1. The predicted octanol–water partition coefficient (Wildman–Crippen LogP) is -5.20. The van der Waals surface area contributed by atoms with Gasteiger partial charge in [0.15, 0.2) is 12.6 Å². The predicted molar refractivity (Wildman–Crippen MR) is 77.4 cm³/mol. The van der Waals surface area contributed by atoms with Gasteiger partial charge in [0.25, 0.3) is 0 Å². The Kier molecular flexibility index (Phi) is 6.87. The fraction of sp³-hybridized carbons (Fsp3) is 1.00. The molecule has 142 valence electrons. The number of rotatable bonds is 5.